The van der Waals surface area contributed by atoms with Gasteiger partial charge in [-0.2, -0.15) is 5.10 Å². The van der Waals surface area contributed by atoms with Crippen molar-refractivity contribution in [2.24, 2.45) is 5.92 Å². The molecule has 1 amide bonds. The Kier molecular flexibility index (Phi) is 4.38. The zero-order valence-electron chi connectivity index (χ0n) is 13.8. The van der Waals surface area contributed by atoms with Crippen LogP contribution in [0, 0.1) is 19.8 Å². The minimum atomic E-state index is -0.977. The summed E-state index contributed by atoms with van der Waals surface area (Å²) in [5.41, 5.74) is 3.26. The molecule has 6 nitrogen and oxygen atoms in total. The fourth-order valence-corrected chi connectivity index (χ4v) is 2.79. The van der Waals surface area contributed by atoms with Crippen LogP contribution in [0.25, 0.3) is 5.69 Å². The van der Waals surface area contributed by atoms with Crippen LogP contribution < -0.4 is 5.32 Å². The summed E-state index contributed by atoms with van der Waals surface area (Å²) in [5.74, 6) is -0.905. The minimum Gasteiger partial charge on any atom is -0.480 e. The number of aliphatic carboxylic acids is 1. The van der Waals surface area contributed by atoms with Gasteiger partial charge in [0, 0.05) is 11.3 Å². The van der Waals surface area contributed by atoms with Gasteiger partial charge in [-0.3, -0.25) is 4.79 Å². The summed E-state index contributed by atoms with van der Waals surface area (Å²) in [5, 5.41) is 16.3. The van der Waals surface area contributed by atoms with Gasteiger partial charge in [0.15, 0.2) is 0 Å². The van der Waals surface area contributed by atoms with E-state index in [0.717, 1.165) is 29.9 Å². The van der Waals surface area contributed by atoms with Crippen LogP contribution in [-0.2, 0) is 4.79 Å². The molecule has 1 unspecified atom stereocenters. The van der Waals surface area contributed by atoms with Gasteiger partial charge in [0.05, 0.1) is 11.4 Å². The van der Waals surface area contributed by atoms with Crippen LogP contribution in [0.1, 0.15) is 41.0 Å². The third kappa shape index (κ3) is 3.64. The largest absolute Gasteiger partial charge is 0.480 e. The van der Waals surface area contributed by atoms with Crippen LogP contribution in [-0.4, -0.2) is 32.8 Å². The molecule has 1 aliphatic carbocycles. The molecular weight excluding hydrogens is 306 g/mol. The Labute approximate surface area is 140 Å². The van der Waals surface area contributed by atoms with Crippen LogP contribution in [0.2, 0.25) is 0 Å². The Bertz CT molecular complexity index is 760. The summed E-state index contributed by atoms with van der Waals surface area (Å²) in [7, 11) is 0. The van der Waals surface area contributed by atoms with Crippen molar-refractivity contribution in [3.8, 4) is 5.69 Å². The summed E-state index contributed by atoms with van der Waals surface area (Å²) < 4.78 is 1.81. The third-order valence-electron chi connectivity index (χ3n) is 4.25. The van der Waals surface area contributed by atoms with Crippen LogP contribution in [0.5, 0.6) is 0 Å². The molecule has 1 aliphatic rings. The van der Waals surface area contributed by atoms with Crippen LogP contribution >= 0.6 is 0 Å². The summed E-state index contributed by atoms with van der Waals surface area (Å²) >= 11 is 0. The second-order valence-electron chi connectivity index (χ2n) is 6.43. The first-order chi connectivity index (χ1) is 11.4. The number of hydrogen-bond acceptors (Lipinski definition) is 3. The average Bonchev–Trinajstić information content (AvgIpc) is 3.29. The lowest BCUT2D eigenvalue weighted by atomic mass is 10.1. The lowest BCUT2D eigenvalue weighted by molar-refractivity contribution is -0.139. The molecule has 126 valence electrons. The Morgan fingerprint density at radius 2 is 1.96 bits per heavy atom. The van der Waals surface area contributed by atoms with Gasteiger partial charge in [0.2, 0.25) is 0 Å². The summed E-state index contributed by atoms with van der Waals surface area (Å²) in [6.45, 7) is 3.90. The second kappa shape index (κ2) is 6.47. The van der Waals surface area contributed by atoms with E-state index >= 15 is 0 Å². The first kappa shape index (κ1) is 16.2. The van der Waals surface area contributed by atoms with E-state index in [2.05, 4.69) is 10.4 Å². The molecule has 3 rings (SSSR count). The molecule has 6 heteroatoms. The number of nitrogens with one attached hydrogen (secondary N) is 1. The fourth-order valence-electron chi connectivity index (χ4n) is 2.79. The lowest BCUT2D eigenvalue weighted by Gasteiger charge is -2.14. The Hall–Kier alpha value is -2.63. The maximum absolute atomic E-state index is 12.3. The first-order valence-corrected chi connectivity index (χ1v) is 8.11. The predicted octanol–water partition coefficient (Wildman–Crippen LogP) is 2.47. The van der Waals surface area contributed by atoms with Gasteiger partial charge in [0.1, 0.15) is 6.04 Å². The molecule has 1 heterocycles. The van der Waals surface area contributed by atoms with Gasteiger partial charge in [-0.05, 0) is 56.5 Å². The molecule has 0 aliphatic heterocycles. The van der Waals surface area contributed by atoms with E-state index in [0.29, 0.717) is 17.9 Å². The molecule has 0 radical (unpaired) electrons. The van der Waals surface area contributed by atoms with Crippen molar-refractivity contribution in [3.05, 3.63) is 47.3 Å². The van der Waals surface area contributed by atoms with Gasteiger partial charge in [-0.15, -0.1) is 0 Å². The lowest BCUT2D eigenvalue weighted by Crippen LogP contribution is -2.41. The highest BCUT2D eigenvalue weighted by molar-refractivity contribution is 5.96. The quantitative estimate of drug-likeness (QED) is 0.853. The van der Waals surface area contributed by atoms with Gasteiger partial charge >= 0.3 is 5.97 Å². The molecule has 0 bridgehead atoms. The monoisotopic (exact) mass is 327 g/mol. The molecule has 1 aromatic carbocycles. The number of carbonyl (C=O) groups excluding carboxylic acids is 1. The first-order valence-electron chi connectivity index (χ1n) is 8.11. The van der Waals surface area contributed by atoms with Crippen molar-refractivity contribution in [2.45, 2.75) is 39.2 Å². The maximum atomic E-state index is 12.3. The summed E-state index contributed by atoms with van der Waals surface area (Å²) in [4.78, 5) is 23.6. The highest BCUT2D eigenvalue weighted by atomic mass is 16.4. The predicted molar refractivity (Wildman–Crippen MR) is 89.3 cm³/mol. The highest BCUT2D eigenvalue weighted by Gasteiger charge is 2.30. The van der Waals surface area contributed by atoms with Crippen molar-refractivity contribution in [1.82, 2.24) is 15.1 Å². The van der Waals surface area contributed by atoms with E-state index in [1.165, 1.54) is 0 Å². The Morgan fingerprint density at radius 3 is 2.46 bits per heavy atom. The third-order valence-corrected chi connectivity index (χ3v) is 4.25. The van der Waals surface area contributed by atoms with E-state index in [1.54, 1.807) is 12.1 Å². The topological polar surface area (TPSA) is 84.2 Å². The molecular formula is C18H21N3O3. The molecule has 1 fully saturated rings. The SMILES string of the molecule is Cc1cc(C)n(-c2ccc(C(=O)NC(CC3CC3)C(=O)O)cc2)n1. The van der Waals surface area contributed by atoms with Crippen LogP contribution in [0.3, 0.4) is 0 Å². The summed E-state index contributed by atoms with van der Waals surface area (Å²) in [6.07, 6.45) is 2.61. The molecule has 24 heavy (non-hydrogen) atoms. The molecule has 0 spiro atoms. The zero-order valence-corrected chi connectivity index (χ0v) is 13.8. The molecule has 0 saturated heterocycles. The number of aromatic nitrogens is 2. The molecule has 1 saturated carbocycles. The molecule has 1 aromatic heterocycles. The second-order valence-corrected chi connectivity index (χ2v) is 6.43. The smallest absolute Gasteiger partial charge is 0.326 e. The normalized spacial score (nSPS) is 15.1. The van der Waals surface area contributed by atoms with Crippen LogP contribution in [0.4, 0.5) is 0 Å². The molecule has 2 N–H and O–H groups in total. The van der Waals surface area contributed by atoms with E-state index < -0.39 is 12.0 Å². The zero-order chi connectivity index (χ0) is 17.3. The number of hydrogen-bond donors (Lipinski definition) is 2. The van der Waals surface area contributed by atoms with Crippen LogP contribution in [0.15, 0.2) is 30.3 Å². The van der Waals surface area contributed by atoms with Crippen molar-refractivity contribution in [3.63, 3.8) is 0 Å². The van der Waals surface area contributed by atoms with E-state index in [-0.39, 0.29) is 5.91 Å². The Balaban J connectivity index is 1.71. The highest BCUT2D eigenvalue weighted by Crippen LogP contribution is 2.33. The summed E-state index contributed by atoms with van der Waals surface area (Å²) in [6, 6.07) is 8.17. The minimum absolute atomic E-state index is 0.358. The number of carboxylic acid groups (broad SMARTS) is 1. The number of nitrogens with zero attached hydrogens (tertiary/aromatic N) is 2. The van der Waals surface area contributed by atoms with Gasteiger partial charge in [-0.1, -0.05) is 12.8 Å². The maximum Gasteiger partial charge on any atom is 0.326 e. The van der Waals surface area contributed by atoms with Gasteiger partial charge in [0.25, 0.3) is 5.91 Å². The number of carbonyl (C=O) groups is 2. The van der Waals surface area contributed by atoms with Crippen molar-refractivity contribution < 1.29 is 14.7 Å². The van der Waals surface area contributed by atoms with Crippen molar-refractivity contribution in [1.29, 1.82) is 0 Å². The van der Waals surface area contributed by atoms with E-state index in [1.807, 2.05) is 36.7 Å². The van der Waals surface area contributed by atoms with Crippen molar-refractivity contribution in [2.75, 3.05) is 0 Å². The van der Waals surface area contributed by atoms with Gasteiger partial charge in [-0.25, -0.2) is 9.48 Å². The van der Waals surface area contributed by atoms with Gasteiger partial charge < -0.3 is 10.4 Å². The fraction of sp³-hybridized carbons (Fsp3) is 0.389. The molecule has 2 aromatic rings. The number of benzene rings is 1. The molecule has 1 atom stereocenters. The van der Waals surface area contributed by atoms with E-state index in [9.17, 15) is 14.7 Å². The van der Waals surface area contributed by atoms with Crippen molar-refractivity contribution >= 4 is 11.9 Å². The number of carboxylic acids is 1. The standard InChI is InChI=1S/C18H21N3O3/c1-11-9-12(2)21(20-11)15-7-5-14(6-8-15)17(22)19-16(18(23)24)10-13-3-4-13/h5-9,13,16H,3-4,10H2,1-2H3,(H,19,22)(H,23,24). The Morgan fingerprint density at radius 1 is 1.29 bits per heavy atom. The average molecular weight is 327 g/mol. The van der Waals surface area contributed by atoms with E-state index in [4.69, 9.17) is 0 Å². The number of aryl methyl sites for hydroxylation is 2. The number of rotatable bonds is 6. The number of amides is 1.